The predicted octanol–water partition coefficient (Wildman–Crippen LogP) is 1.84. The fourth-order valence-electron chi connectivity index (χ4n) is 2.40. The highest BCUT2D eigenvalue weighted by Crippen LogP contribution is 2.18. The van der Waals surface area contributed by atoms with E-state index in [1.54, 1.807) is 46.0 Å². The number of aryl methyl sites for hydroxylation is 1. The Bertz CT molecular complexity index is 821. The van der Waals surface area contributed by atoms with Crippen molar-refractivity contribution < 1.29 is 4.79 Å². The van der Waals surface area contributed by atoms with Crippen LogP contribution in [0.3, 0.4) is 0 Å². The Morgan fingerprint density at radius 3 is 2.83 bits per heavy atom. The van der Waals surface area contributed by atoms with E-state index in [4.69, 9.17) is 0 Å². The van der Waals surface area contributed by atoms with Gasteiger partial charge < -0.3 is 4.90 Å². The largest absolute Gasteiger partial charge is 0.334 e. The molecule has 0 aromatic carbocycles. The molecule has 0 saturated heterocycles. The Morgan fingerprint density at radius 2 is 2.12 bits per heavy atom. The van der Waals surface area contributed by atoms with E-state index in [0.29, 0.717) is 18.9 Å². The number of aromatic nitrogens is 6. The minimum Gasteiger partial charge on any atom is -0.334 e. The summed E-state index contributed by atoms with van der Waals surface area (Å²) in [7, 11) is 1.76. The maximum absolute atomic E-state index is 12.6. The highest BCUT2D eigenvalue weighted by molar-refractivity contribution is 9.10. The van der Waals surface area contributed by atoms with Gasteiger partial charge in [0.05, 0.1) is 22.9 Å². The van der Waals surface area contributed by atoms with Crippen molar-refractivity contribution in [1.82, 2.24) is 34.2 Å². The second-order valence-electron chi connectivity index (χ2n) is 5.34. The summed E-state index contributed by atoms with van der Waals surface area (Å²) >= 11 is 3.48. The molecule has 0 atom stereocenters. The van der Waals surface area contributed by atoms with Gasteiger partial charge >= 0.3 is 0 Å². The summed E-state index contributed by atoms with van der Waals surface area (Å²) in [4.78, 5) is 14.2. The Morgan fingerprint density at radius 1 is 1.29 bits per heavy atom. The Labute approximate surface area is 147 Å². The van der Waals surface area contributed by atoms with Gasteiger partial charge in [0, 0.05) is 32.2 Å². The van der Waals surface area contributed by atoms with Crippen LogP contribution in [0.25, 0.3) is 0 Å². The van der Waals surface area contributed by atoms with Crippen molar-refractivity contribution in [2.24, 2.45) is 0 Å². The first kappa shape index (κ1) is 16.4. The van der Waals surface area contributed by atoms with Gasteiger partial charge in [0.15, 0.2) is 0 Å². The molecule has 1 amide bonds. The Balaban J connectivity index is 1.69. The third kappa shape index (κ3) is 3.40. The van der Waals surface area contributed by atoms with Crippen LogP contribution >= 0.6 is 15.9 Å². The number of nitrogens with zero attached hydrogens (tertiary/aromatic N) is 7. The van der Waals surface area contributed by atoms with E-state index in [9.17, 15) is 4.79 Å². The molecule has 0 fully saturated rings. The molecule has 0 N–H and O–H groups in total. The molecule has 0 radical (unpaired) electrons. The van der Waals surface area contributed by atoms with Crippen LogP contribution in [0.1, 0.15) is 23.1 Å². The SMILES string of the molecule is CCn1ncc(Br)c1CN(C)C(=O)c1ccn(Cn2cccn2)n1. The van der Waals surface area contributed by atoms with E-state index in [1.807, 2.05) is 23.9 Å². The maximum atomic E-state index is 12.6. The molecule has 3 rings (SSSR count). The van der Waals surface area contributed by atoms with Crippen LogP contribution in [0, 0.1) is 0 Å². The molecular formula is C15H18BrN7O. The average molecular weight is 392 g/mol. The van der Waals surface area contributed by atoms with Crippen molar-refractivity contribution in [1.29, 1.82) is 0 Å². The van der Waals surface area contributed by atoms with Gasteiger partial charge in [-0.2, -0.15) is 15.3 Å². The van der Waals surface area contributed by atoms with E-state index >= 15 is 0 Å². The molecule has 3 aromatic rings. The molecule has 0 aliphatic rings. The van der Waals surface area contributed by atoms with Crippen LogP contribution in [0.5, 0.6) is 0 Å². The summed E-state index contributed by atoms with van der Waals surface area (Å²) in [5, 5.41) is 12.7. The fraction of sp³-hybridized carbons (Fsp3) is 0.333. The van der Waals surface area contributed by atoms with Crippen LogP contribution in [0.2, 0.25) is 0 Å². The van der Waals surface area contributed by atoms with Crippen molar-refractivity contribution >= 4 is 21.8 Å². The number of rotatable bonds is 6. The second kappa shape index (κ2) is 7.00. The lowest BCUT2D eigenvalue weighted by molar-refractivity contribution is 0.0774. The Hall–Kier alpha value is -2.42. The van der Waals surface area contributed by atoms with Gasteiger partial charge in [-0.1, -0.05) is 0 Å². The molecular weight excluding hydrogens is 374 g/mol. The van der Waals surface area contributed by atoms with Gasteiger partial charge in [-0.15, -0.1) is 0 Å². The highest BCUT2D eigenvalue weighted by atomic mass is 79.9. The van der Waals surface area contributed by atoms with E-state index in [1.165, 1.54) is 0 Å². The van der Waals surface area contributed by atoms with Gasteiger partial charge in [-0.25, -0.2) is 0 Å². The minimum absolute atomic E-state index is 0.134. The van der Waals surface area contributed by atoms with Crippen molar-refractivity contribution in [2.45, 2.75) is 26.7 Å². The molecule has 0 aliphatic carbocycles. The molecule has 8 nitrogen and oxygen atoms in total. The first-order chi connectivity index (χ1) is 11.6. The van der Waals surface area contributed by atoms with Crippen LogP contribution in [0.15, 0.2) is 41.4 Å². The van der Waals surface area contributed by atoms with Crippen LogP contribution < -0.4 is 0 Å². The molecule has 0 unspecified atom stereocenters. The van der Waals surface area contributed by atoms with Crippen molar-refractivity contribution in [3.63, 3.8) is 0 Å². The second-order valence-corrected chi connectivity index (χ2v) is 6.20. The monoisotopic (exact) mass is 391 g/mol. The normalized spacial score (nSPS) is 11.0. The third-order valence-corrected chi connectivity index (χ3v) is 4.30. The number of hydrogen-bond donors (Lipinski definition) is 0. The van der Waals surface area contributed by atoms with Gasteiger partial charge in [0.25, 0.3) is 5.91 Å². The third-order valence-electron chi connectivity index (χ3n) is 3.64. The van der Waals surface area contributed by atoms with Crippen LogP contribution in [-0.2, 0) is 19.8 Å². The maximum Gasteiger partial charge on any atom is 0.274 e. The van der Waals surface area contributed by atoms with Gasteiger partial charge in [0.1, 0.15) is 12.4 Å². The number of hydrogen-bond acceptors (Lipinski definition) is 4. The molecule has 3 aromatic heterocycles. The van der Waals surface area contributed by atoms with Gasteiger partial charge in [-0.3, -0.25) is 18.8 Å². The number of amides is 1. The molecule has 9 heteroatoms. The van der Waals surface area contributed by atoms with E-state index in [-0.39, 0.29) is 5.91 Å². The van der Waals surface area contributed by atoms with Crippen LogP contribution in [-0.4, -0.2) is 47.2 Å². The van der Waals surface area contributed by atoms with Gasteiger partial charge in [-0.05, 0) is 35.0 Å². The molecule has 126 valence electrons. The number of carbonyl (C=O) groups is 1. The summed E-state index contributed by atoms with van der Waals surface area (Å²) in [5.74, 6) is -0.134. The fourth-order valence-corrected chi connectivity index (χ4v) is 2.82. The first-order valence-electron chi connectivity index (χ1n) is 7.55. The average Bonchev–Trinajstić information content (AvgIpc) is 3.30. The Kier molecular flexibility index (Phi) is 4.79. The molecule has 0 aliphatic heterocycles. The lowest BCUT2D eigenvalue weighted by Gasteiger charge is -2.17. The molecule has 0 saturated carbocycles. The molecule has 3 heterocycles. The zero-order valence-electron chi connectivity index (χ0n) is 13.5. The summed E-state index contributed by atoms with van der Waals surface area (Å²) in [6, 6.07) is 3.56. The number of carbonyl (C=O) groups excluding carboxylic acids is 1. The lowest BCUT2D eigenvalue weighted by atomic mass is 10.3. The van der Waals surface area contributed by atoms with E-state index < -0.39 is 0 Å². The van der Waals surface area contributed by atoms with E-state index in [0.717, 1.165) is 16.7 Å². The number of halogens is 1. The first-order valence-corrected chi connectivity index (χ1v) is 8.34. The summed E-state index contributed by atoms with van der Waals surface area (Å²) in [6.07, 6.45) is 7.07. The summed E-state index contributed by atoms with van der Waals surface area (Å²) in [6.45, 7) is 3.70. The van der Waals surface area contributed by atoms with Crippen molar-refractivity contribution in [2.75, 3.05) is 7.05 Å². The summed E-state index contributed by atoms with van der Waals surface area (Å²) in [5.41, 5.74) is 1.37. The standard InChI is InChI=1S/C15H18BrN7O/c1-3-23-14(12(16)9-18-23)10-20(2)15(24)13-5-8-22(19-13)11-21-7-4-6-17-21/h4-9H,3,10-11H2,1-2H3. The van der Waals surface area contributed by atoms with E-state index in [2.05, 4.69) is 31.2 Å². The van der Waals surface area contributed by atoms with Gasteiger partial charge in [0.2, 0.25) is 0 Å². The van der Waals surface area contributed by atoms with Crippen LogP contribution in [0.4, 0.5) is 0 Å². The minimum atomic E-state index is -0.134. The smallest absolute Gasteiger partial charge is 0.274 e. The van der Waals surface area contributed by atoms with Crippen molar-refractivity contribution in [3.05, 3.63) is 52.8 Å². The lowest BCUT2D eigenvalue weighted by Crippen LogP contribution is -2.28. The molecule has 0 spiro atoms. The zero-order valence-corrected chi connectivity index (χ0v) is 15.1. The summed E-state index contributed by atoms with van der Waals surface area (Å²) < 4.78 is 6.18. The zero-order chi connectivity index (χ0) is 17.1. The molecule has 24 heavy (non-hydrogen) atoms. The quantitative estimate of drug-likeness (QED) is 0.642. The molecule has 0 bridgehead atoms. The topological polar surface area (TPSA) is 73.8 Å². The van der Waals surface area contributed by atoms with Crippen molar-refractivity contribution in [3.8, 4) is 0 Å². The highest BCUT2D eigenvalue weighted by Gasteiger charge is 2.18. The predicted molar refractivity (Wildman–Crippen MR) is 91.3 cm³/mol.